The summed E-state index contributed by atoms with van der Waals surface area (Å²) >= 11 is 11.7. The Labute approximate surface area is 143 Å². The summed E-state index contributed by atoms with van der Waals surface area (Å²) in [5.41, 5.74) is 1.66. The van der Waals surface area contributed by atoms with Crippen LogP contribution in [0.3, 0.4) is 0 Å². The van der Waals surface area contributed by atoms with Gasteiger partial charge < -0.3 is 15.4 Å². The van der Waals surface area contributed by atoms with Crippen molar-refractivity contribution in [3.63, 3.8) is 0 Å². The fraction of sp³-hybridized carbons (Fsp3) is 0.125. The number of rotatable bonds is 4. The molecule has 2 aromatic carbocycles. The summed E-state index contributed by atoms with van der Waals surface area (Å²) in [7, 11) is 1.30. The number of nitrogens with one attached hydrogen (secondary N) is 2. The van der Waals surface area contributed by atoms with Crippen molar-refractivity contribution in [2.24, 2.45) is 0 Å². The van der Waals surface area contributed by atoms with Gasteiger partial charge in [0.1, 0.15) is 0 Å². The summed E-state index contributed by atoms with van der Waals surface area (Å²) in [6.07, 6.45) is 0. The molecule has 0 aliphatic rings. The molecule has 23 heavy (non-hydrogen) atoms. The second-order valence-electron chi connectivity index (χ2n) is 4.63. The highest BCUT2D eigenvalue weighted by atomic mass is 35.5. The average molecular weight is 353 g/mol. The van der Waals surface area contributed by atoms with E-state index in [1.54, 1.807) is 36.4 Å². The Morgan fingerprint density at radius 1 is 1.09 bits per heavy atom. The molecule has 0 fully saturated rings. The van der Waals surface area contributed by atoms with Crippen LogP contribution in [0, 0.1) is 0 Å². The van der Waals surface area contributed by atoms with E-state index >= 15 is 0 Å². The molecule has 0 atom stereocenters. The molecular weight excluding hydrogens is 339 g/mol. The molecule has 0 saturated heterocycles. The summed E-state index contributed by atoms with van der Waals surface area (Å²) in [5, 5.41) is 6.22. The predicted octanol–water partition coefficient (Wildman–Crippen LogP) is 4.10. The maximum Gasteiger partial charge on any atom is 0.337 e. The number of benzene rings is 2. The molecule has 0 saturated carbocycles. The number of halogens is 2. The topological polar surface area (TPSA) is 67.4 Å². The normalized spacial score (nSPS) is 10.0. The average Bonchev–Trinajstić information content (AvgIpc) is 2.55. The standard InChI is InChI=1S/C16H14Cl2N2O3/c1-23-15(21)11-3-2-4-12(8-11)20-16(22)19-9-10-5-6-13(17)14(18)7-10/h2-8H,9H2,1H3,(H2,19,20,22). The Morgan fingerprint density at radius 3 is 2.57 bits per heavy atom. The summed E-state index contributed by atoms with van der Waals surface area (Å²) in [6, 6.07) is 11.2. The highest BCUT2D eigenvalue weighted by molar-refractivity contribution is 6.42. The van der Waals surface area contributed by atoms with Crippen LogP contribution in [0.15, 0.2) is 42.5 Å². The first-order valence-corrected chi connectivity index (χ1v) is 7.42. The van der Waals surface area contributed by atoms with Gasteiger partial charge in [0.25, 0.3) is 0 Å². The number of urea groups is 1. The minimum absolute atomic E-state index is 0.291. The molecule has 0 heterocycles. The van der Waals surface area contributed by atoms with Crippen LogP contribution in [0.25, 0.3) is 0 Å². The van der Waals surface area contributed by atoms with Gasteiger partial charge in [-0.2, -0.15) is 0 Å². The summed E-state index contributed by atoms with van der Waals surface area (Å²) in [5.74, 6) is -0.468. The van der Waals surface area contributed by atoms with Crippen LogP contribution in [0.2, 0.25) is 10.0 Å². The van der Waals surface area contributed by atoms with E-state index in [1.807, 2.05) is 0 Å². The molecule has 5 nitrogen and oxygen atoms in total. The summed E-state index contributed by atoms with van der Waals surface area (Å²) in [6.45, 7) is 0.291. The molecule has 0 spiro atoms. The van der Waals surface area contributed by atoms with Crippen molar-refractivity contribution < 1.29 is 14.3 Å². The predicted molar refractivity (Wildman–Crippen MR) is 90.1 cm³/mol. The lowest BCUT2D eigenvalue weighted by atomic mass is 10.2. The minimum atomic E-state index is -0.468. The van der Waals surface area contributed by atoms with E-state index in [-0.39, 0.29) is 0 Å². The lowest BCUT2D eigenvalue weighted by Gasteiger charge is -2.09. The lowest BCUT2D eigenvalue weighted by molar-refractivity contribution is 0.0600. The van der Waals surface area contributed by atoms with Crippen molar-refractivity contribution in [1.29, 1.82) is 0 Å². The molecule has 7 heteroatoms. The molecule has 0 radical (unpaired) electrons. The Morgan fingerprint density at radius 2 is 1.87 bits per heavy atom. The quantitative estimate of drug-likeness (QED) is 0.813. The first-order valence-electron chi connectivity index (χ1n) is 6.67. The van der Waals surface area contributed by atoms with E-state index in [2.05, 4.69) is 15.4 Å². The smallest absolute Gasteiger partial charge is 0.337 e. The van der Waals surface area contributed by atoms with Crippen molar-refractivity contribution in [3.05, 3.63) is 63.6 Å². The number of ether oxygens (including phenoxy) is 1. The van der Waals surface area contributed by atoms with Gasteiger partial charge in [-0.3, -0.25) is 0 Å². The van der Waals surface area contributed by atoms with E-state index < -0.39 is 12.0 Å². The number of esters is 1. The molecule has 2 amide bonds. The molecule has 120 valence electrons. The lowest BCUT2D eigenvalue weighted by Crippen LogP contribution is -2.28. The first-order chi connectivity index (χ1) is 11.0. The molecule has 0 aliphatic heterocycles. The van der Waals surface area contributed by atoms with Crippen LogP contribution in [-0.4, -0.2) is 19.1 Å². The van der Waals surface area contributed by atoms with Crippen molar-refractivity contribution in [2.75, 3.05) is 12.4 Å². The molecule has 0 aromatic heterocycles. The van der Waals surface area contributed by atoms with Gasteiger partial charge in [0.2, 0.25) is 0 Å². The second kappa shape index (κ2) is 7.85. The second-order valence-corrected chi connectivity index (χ2v) is 5.44. The van der Waals surface area contributed by atoms with Crippen molar-refractivity contribution in [1.82, 2.24) is 5.32 Å². The van der Waals surface area contributed by atoms with E-state index in [1.165, 1.54) is 13.2 Å². The Bertz CT molecular complexity index is 735. The third-order valence-corrected chi connectivity index (χ3v) is 3.72. The fourth-order valence-electron chi connectivity index (χ4n) is 1.85. The van der Waals surface area contributed by atoms with Gasteiger partial charge in [-0.1, -0.05) is 35.3 Å². The number of hydrogen-bond donors (Lipinski definition) is 2. The van der Waals surface area contributed by atoms with Crippen molar-refractivity contribution in [2.45, 2.75) is 6.54 Å². The van der Waals surface area contributed by atoms with Crippen LogP contribution in [0.4, 0.5) is 10.5 Å². The highest BCUT2D eigenvalue weighted by Crippen LogP contribution is 2.22. The molecule has 0 bridgehead atoms. The van der Waals surface area contributed by atoms with Gasteiger partial charge in [0.15, 0.2) is 0 Å². The largest absolute Gasteiger partial charge is 0.465 e. The van der Waals surface area contributed by atoms with Gasteiger partial charge >= 0.3 is 12.0 Å². The molecular formula is C16H14Cl2N2O3. The van der Waals surface area contributed by atoms with Gasteiger partial charge in [-0.05, 0) is 35.9 Å². The Hall–Kier alpha value is -2.24. The summed E-state index contributed by atoms with van der Waals surface area (Å²) in [4.78, 5) is 23.3. The zero-order chi connectivity index (χ0) is 16.8. The minimum Gasteiger partial charge on any atom is -0.465 e. The van der Waals surface area contributed by atoms with Gasteiger partial charge in [-0.15, -0.1) is 0 Å². The molecule has 0 aliphatic carbocycles. The van der Waals surface area contributed by atoms with Crippen molar-refractivity contribution >= 4 is 40.9 Å². The van der Waals surface area contributed by atoms with Crippen LogP contribution in [-0.2, 0) is 11.3 Å². The van der Waals surface area contributed by atoms with Crippen LogP contribution >= 0.6 is 23.2 Å². The molecule has 2 aromatic rings. The number of carbonyl (C=O) groups is 2. The maximum atomic E-state index is 11.9. The van der Waals surface area contributed by atoms with E-state index in [0.29, 0.717) is 27.8 Å². The molecule has 0 unspecified atom stereocenters. The van der Waals surface area contributed by atoms with Crippen molar-refractivity contribution in [3.8, 4) is 0 Å². The van der Waals surface area contributed by atoms with Gasteiger partial charge in [0.05, 0.1) is 22.7 Å². The number of anilines is 1. The number of carbonyl (C=O) groups excluding carboxylic acids is 2. The summed E-state index contributed by atoms with van der Waals surface area (Å²) < 4.78 is 4.63. The van der Waals surface area contributed by atoms with Crippen LogP contribution in [0.5, 0.6) is 0 Å². The third kappa shape index (κ3) is 4.87. The number of amides is 2. The molecule has 2 N–H and O–H groups in total. The molecule has 2 rings (SSSR count). The Balaban J connectivity index is 1.94. The van der Waals surface area contributed by atoms with E-state index in [9.17, 15) is 9.59 Å². The van der Waals surface area contributed by atoms with Crippen LogP contribution < -0.4 is 10.6 Å². The van der Waals surface area contributed by atoms with Gasteiger partial charge in [0, 0.05) is 12.2 Å². The number of methoxy groups -OCH3 is 1. The fourth-order valence-corrected chi connectivity index (χ4v) is 2.17. The third-order valence-electron chi connectivity index (χ3n) is 2.98. The van der Waals surface area contributed by atoms with Crippen LogP contribution in [0.1, 0.15) is 15.9 Å². The van der Waals surface area contributed by atoms with E-state index in [4.69, 9.17) is 23.2 Å². The SMILES string of the molecule is COC(=O)c1cccc(NC(=O)NCc2ccc(Cl)c(Cl)c2)c1. The maximum absolute atomic E-state index is 11.9. The Kier molecular flexibility index (Phi) is 5.84. The zero-order valence-electron chi connectivity index (χ0n) is 12.2. The zero-order valence-corrected chi connectivity index (χ0v) is 13.7. The van der Waals surface area contributed by atoms with E-state index in [0.717, 1.165) is 5.56 Å². The monoisotopic (exact) mass is 352 g/mol. The van der Waals surface area contributed by atoms with Gasteiger partial charge in [-0.25, -0.2) is 9.59 Å². The highest BCUT2D eigenvalue weighted by Gasteiger charge is 2.08. The first kappa shape index (κ1) is 17.1. The number of hydrogen-bond acceptors (Lipinski definition) is 3.